The molecule has 3 nitrogen and oxygen atoms in total. The number of ether oxygens (including phenoxy) is 2. The molecule has 118 valence electrons. The molecule has 3 heteroatoms. The number of benzene rings is 1. The van der Waals surface area contributed by atoms with Gasteiger partial charge in [-0.1, -0.05) is 17.7 Å². The smallest absolute Gasteiger partial charge is 0.0809 e. The van der Waals surface area contributed by atoms with E-state index >= 15 is 0 Å². The van der Waals surface area contributed by atoms with Crippen LogP contribution in [-0.4, -0.2) is 32.5 Å². The van der Waals surface area contributed by atoms with Gasteiger partial charge in [-0.25, -0.2) is 0 Å². The van der Waals surface area contributed by atoms with Crippen LogP contribution in [0.25, 0.3) is 0 Å². The first-order valence-electron chi connectivity index (χ1n) is 8.13. The van der Waals surface area contributed by atoms with E-state index in [1.165, 1.54) is 28.7 Å². The minimum absolute atomic E-state index is 0.343. The van der Waals surface area contributed by atoms with E-state index in [-0.39, 0.29) is 0 Å². The standard InChI is InChI=1S/C18H29NO2/c1-14-10-15(2)18(16(3)11-14)12-19-7-5-8-20-13-17-6-4-9-21-17/h10-11,17,19H,4-9,12-13H2,1-3H3. The number of aryl methyl sites for hydroxylation is 3. The topological polar surface area (TPSA) is 30.5 Å². The average Bonchev–Trinajstić information content (AvgIpc) is 2.93. The highest BCUT2D eigenvalue weighted by Gasteiger charge is 2.14. The molecule has 0 bridgehead atoms. The summed E-state index contributed by atoms with van der Waals surface area (Å²) in [6, 6.07) is 4.52. The minimum Gasteiger partial charge on any atom is -0.379 e. The van der Waals surface area contributed by atoms with Crippen LogP contribution in [0, 0.1) is 20.8 Å². The van der Waals surface area contributed by atoms with Gasteiger partial charge in [0.1, 0.15) is 0 Å². The van der Waals surface area contributed by atoms with Crippen molar-refractivity contribution in [3.8, 4) is 0 Å². The molecule has 1 unspecified atom stereocenters. The Bertz CT molecular complexity index is 416. The lowest BCUT2D eigenvalue weighted by Crippen LogP contribution is -2.19. The quantitative estimate of drug-likeness (QED) is 0.746. The van der Waals surface area contributed by atoms with Crippen molar-refractivity contribution >= 4 is 0 Å². The summed E-state index contributed by atoms with van der Waals surface area (Å²) >= 11 is 0. The predicted octanol–water partition coefficient (Wildman–Crippen LogP) is 3.29. The number of rotatable bonds is 8. The maximum Gasteiger partial charge on any atom is 0.0809 e. The van der Waals surface area contributed by atoms with Gasteiger partial charge in [0.05, 0.1) is 12.7 Å². The van der Waals surface area contributed by atoms with E-state index in [9.17, 15) is 0 Å². The maximum atomic E-state index is 5.67. The Morgan fingerprint density at radius 3 is 2.67 bits per heavy atom. The lowest BCUT2D eigenvalue weighted by Gasteiger charge is -2.13. The fraction of sp³-hybridized carbons (Fsp3) is 0.667. The van der Waals surface area contributed by atoms with Crippen molar-refractivity contribution in [1.29, 1.82) is 0 Å². The summed E-state index contributed by atoms with van der Waals surface area (Å²) in [6.45, 7) is 11.0. The molecule has 1 fully saturated rings. The first-order chi connectivity index (χ1) is 10.2. The Kier molecular flexibility index (Phi) is 6.68. The van der Waals surface area contributed by atoms with Crippen LogP contribution in [0.2, 0.25) is 0 Å². The molecule has 0 amide bonds. The molecule has 1 aromatic rings. The molecule has 1 N–H and O–H groups in total. The molecule has 0 aromatic heterocycles. The van der Waals surface area contributed by atoms with Gasteiger partial charge < -0.3 is 14.8 Å². The third-order valence-corrected chi connectivity index (χ3v) is 4.11. The predicted molar refractivity (Wildman–Crippen MR) is 86.8 cm³/mol. The Hall–Kier alpha value is -0.900. The molecule has 0 spiro atoms. The zero-order chi connectivity index (χ0) is 15.1. The van der Waals surface area contributed by atoms with Crippen molar-refractivity contribution < 1.29 is 9.47 Å². The van der Waals surface area contributed by atoms with Crippen molar-refractivity contribution in [2.75, 3.05) is 26.4 Å². The second-order valence-corrected chi connectivity index (χ2v) is 6.12. The van der Waals surface area contributed by atoms with E-state index in [0.717, 1.165) is 45.8 Å². The van der Waals surface area contributed by atoms with Crippen molar-refractivity contribution in [2.45, 2.75) is 52.7 Å². The Morgan fingerprint density at radius 2 is 2.00 bits per heavy atom. The van der Waals surface area contributed by atoms with Gasteiger partial charge in [-0.3, -0.25) is 0 Å². The molecular weight excluding hydrogens is 262 g/mol. The highest BCUT2D eigenvalue weighted by molar-refractivity contribution is 5.37. The SMILES string of the molecule is Cc1cc(C)c(CNCCCOCC2CCCO2)c(C)c1. The zero-order valence-electron chi connectivity index (χ0n) is 13.7. The summed E-state index contributed by atoms with van der Waals surface area (Å²) in [5, 5.41) is 3.52. The van der Waals surface area contributed by atoms with Gasteiger partial charge in [0.2, 0.25) is 0 Å². The second kappa shape index (κ2) is 8.52. The van der Waals surface area contributed by atoms with E-state index in [4.69, 9.17) is 9.47 Å². The van der Waals surface area contributed by atoms with Crippen LogP contribution in [0.1, 0.15) is 41.5 Å². The molecule has 1 aliphatic heterocycles. The molecule has 0 aliphatic carbocycles. The van der Waals surface area contributed by atoms with Gasteiger partial charge in [-0.15, -0.1) is 0 Å². The van der Waals surface area contributed by atoms with Crippen LogP contribution < -0.4 is 5.32 Å². The van der Waals surface area contributed by atoms with Crippen LogP contribution in [0.15, 0.2) is 12.1 Å². The van der Waals surface area contributed by atoms with Crippen LogP contribution in [0.5, 0.6) is 0 Å². The fourth-order valence-electron chi connectivity index (χ4n) is 2.99. The summed E-state index contributed by atoms with van der Waals surface area (Å²) < 4.78 is 11.2. The fourth-order valence-corrected chi connectivity index (χ4v) is 2.99. The molecule has 2 rings (SSSR count). The summed E-state index contributed by atoms with van der Waals surface area (Å²) in [5.41, 5.74) is 5.54. The van der Waals surface area contributed by atoms with Crippen LogP contribution >= 0.6 is 0 Å². The molecule has 0 radical (unpaired) electrons. The molecule has 1 saturated heterocycles. The highest BCUT2D eigenvalue weighted by Crippen LogP contribution is 2.16. The van der Waals surface area contributed by atoms with Crippen LogP contribution in [0.3, 0.4) is 0 Å². The van der Waals surface area contributed by atoms with Gasteiger partial charge in [-0.05, 0) is 63.3 Å². The van der Waals surface area contributed by atoms with Crippen LogP contribution in [-0.2, 0) is 16.0 Å². The first kappa shape index (κ1) is 16.5. The normalized spacial score (nSPS) is 18.3. The summed E-state index contributed by atoms with van der Waals surface area (Å²) in [4.78, 5) is 0. The molecule has 21 heavy (non-hydrogen) atoms. The van der Waals surface area contributed by atoms with Crippen molar-refractivity contribution in [3.05, 3.63) is 34.4 Å². The maximum absolute atomic E-state index is 5.67. The van der Waals surface area contributed by atoms with Gasteiger partial charge in [0, 0.05) is 19.8 Å². The highest BCUT2D eigenvalue weighted by atomic mass is 16.5. The van der Waals surface area contributed by atoms with Gasteiger partial charge in [-0.2, -0.15) is 0 Å². The summed E-state index contributed by atoms with van der Waals surface area (Å²) in [7, 11) is 0. The largest absolute Gasteiger partial charge is 0.379 e. The second-order valence-electron chi connectivity index (χ2n) is 6.12. The van der Waals surface area contributed by atoms with Crippen molar-refractivity contribution in [1.82, 2.24) is 5.32 Å². The third kappa shape index (κ3) is 5.42. The third-order valence-electron chi connectivity index (χ3n) is 4.11. The number of hydrogen-bond donors (Lipinski definition) is 1. The van der Waals surface area contributed by atoms with Gasteiger partial charge in [0.25, 0.3) is 0 Å². The molecule has 1 aromatic carbocycles. The lowest BCUT2D eigenvalue weighted by atomic mass is 10.00. The molecule has 1 heterocycles. The zero-order valence-corrected chi connectivity index (χ0v) is 13.7. The Balaban J connectivity index is 1.57. The van der Waals surface area contributed by atoms with E-state index in [0.29, 0.717) is 6.10 Å². The van der Waals surface area contributed by atoms with E-state index in [2.05, 4.69) is 38.2 Å². The number of hydrogen-bond acceptors (Lipinski definition) is 3. The molecule has 0 saturated carbocycles. The minimum atomic E-state index is 0.343. The van der Waals surface area contributed by atoms with Gasteiger partial charge in [0.15, 0.2) is 0 Å². The van der Waals surface area contributed by atoms with Crippen molar-refractivity contribution in [3.63, 3.8) is 0 Å². The first-order valence-corrected chi connectivity index (χ1v) is 8.13. The van der Waals surface area contributed by atoms with E-state index < -0.39 is 0 Å². The average molecular weight is 291 g/mol. The molecular formula is C18H29NO2. The van der Waals surface area contributed by atoms with Crippen LogP contribution in [0.4, 0.5) is 0 Å². The summed E-state index contributed by atoms with van der Waals surface area (Å²) in [5.74, 6) is 0. The van der Waals surface area contributed by atoms with Gasteiger partial charge >= 0.3 is 0 Å². The Labute approximate surface area is 129 Å². The van der Waals surface area contributed by atoms with E-state index in [1.807, 2.05) is 0 Å². The monoisotopic (exact) mass is 291 g/mol. The molecule has 1 atom stereocenters. The molecule has 1 aliphatic rings. The van der Waals surface area contributed by atoms with E-state index in [1.54, 1.807) is 0 Å². The number of nitrogens with one attached hydrogen (secondary N) is 1. The Morgan fingerprint density at radius 1 is 1.24 bits per heavy atom. The summed E-state index contributed by atoms with van der Waals surface area (Å²) in [6.07, 6.45) is 3.74. The lowest BCUT2D eigenvalue weighted by molar-refractivity contribution is 0.0166. The van der Waals surface area contributed by atoms with Crippen molar-refractivity contribution in [2.24, 2.45) is 0 Å².